The van der Waals surface area contributed by atoms with Gasteiger partial charge in [0.2, 0.25) is 23.6 Å². The summed E-state index contributed by atoms with van der Waals surface area (Å²) in [5, 5.41) is 29.6. The number of carbonyl (C=O) groups is 5. The van der Waals surface area contributed by atoms with Gasteiger partial charge in [-0.3, -0.25) is 24.2 Å². The Bertz CT molecular complexity index is 1140. The molecule has 0 radical (unpaired) electrons. The lowest BCUT2D eigenvalue weighted by Gasteiger charge is -2.26. The maximum atomic E-state index is 13.6. The smallest absolute Gasteiger partial charge is 0.326 e. The number of hydrogen-bond acceptors (Lipinski definition) is 10. The van der Waals surface area contributed by atoms with E-state index in [1.165, 1.54) is 11.8 Å². The number of amides is 4. The molecule has 0 bridgehead atoms. The number of aliphatic hydroxyl groups is 1. The highest BCUT2D eigenvalue weighted by Gasteiger charge is 2.31. The van der Waals surface area contributed by atoms with Gasteiger partial charge in [0.1, 0.15) is 24.2 Å². The minimum atomic E-state index is -1.38. The third-order valence-corrected chi connectivity index (χ3v) is 7.48. The minimum absolute atomic E-state index is 0.0193. The molecule has 17 heteroatoms. The van der Waals surface area contributed by atoms with E-state index >= 15 is 0 Å². The van der Waals surface area contributed by atoms with Gasteiger partial charge >= 0.3 is 5.97 Å². The van der Waals surface area contributed by atoms with Crippen LogP contribution in [-0.4, -0.2) is 108 Å². The molecule has 1 aromatic rings. The number of benzene rings is 1. The summed E-state index contributed by atoms with van der Waals surface area (Å²) in [6, 6.07) is 2.83. The molecule has 0 aliphatic carbocycles. The molecule has 4 amide bonds. The van der Waals surface area contributed by atoms with Crippen molar-refractivity contribution in [1.29, 1.82) is 0 Å². The molecule has 0 saturated carbocycles. The molecule has 0 aliphatic heterocycles. The van der Waals surface area contributed by atoms with Gasteiger partial charge in [-0.05, 0) is 62.6 Å². The number of nitrogens with one attached hydrogen (secondary N) is 4. The van der Waals surface area contributed by atoms with Crippen LogP contribution in [0.25, 0.3) is 0 Å². The first-order valence-electron chi connectivity index (χ1n) is 15.0. The molecule has 14 N–H and O–H groups in total. The van der Waals surface area contributed by atoms with Crippen LogP contribution in [0.2, 0.25) is 0 Å². The first kappa shape index (κ1) is 40.1. The van der Waals surface area contributed by atoms with Gasteiger partial charge in [-0.1, -0.05) is 30.3 Å². The van der Waals surface area contributed by atoms with E-state index in [9.17, 15) is 34.2 Å². The second kappa shape index (κ2) is 22.6. The van der Waals surface area contributed by atoms with E-state index in [0.29, 0.717) is 37.1 Å². The monoisotopic (exact) mass is 667 g/mol. The molecule has 0 saturated heterocycles. The van der Waals surface area contributed by atoms with Crippen LogP contribution in [-0.2, 0) is 30.4 Å². The fourth-order valence-corrected chi connectivity index (χ4v) is 4.74. The van der Waals surface area contributed by atoms with E-state index < -0.39 is 66.4 Å². The molecule has 0 aliphatic rings. The summed E-state index contributed by atoms with van der Waals surface area (Å²) in [4.78, 5) is 68.2. The quantitative estimate of drug-likeness (QED) is 0.0329. The average Bonchev–Trinajstić information content (AvgIpc) is 3.02. The lowest BCUT2D eigenvalue weighted by molar-refractivity contribution is -0.142. The summed E-state index contributed by atoms with van der Waals surface area (Å²) in [7, 11) is 0. The number of carboxylic acid groups (broad SMARTS) is 1. The highest BCUT2D eigenvalue weighted by atomic mass is 32.2. The molecule has 5 atom stereocenters. The van der Waals surface area contributed by atoms with Crippen molar-refractivity contribution in [3.63, 3.8) is 0 Å². The van der Waals surface area contributed by atoms with E-state index in [1.54, 1.807) is 30.3 Å². The maximum Gasteiger partial charge on any atom is 0.326 e. The van der Waals surface area contributed by atoms with Crippen LogP contribution >= 0.6 is 11.8 Å². The van der Waals surface area contributed by atoms with Crippen molar-refractivity contribution in [1.82, 2.24) is 21.3 Å². The Labute approximate surface area is 273 Å². The zero-order valence-corrected chi connectivity index (χ0v) is 27.0. The number of nitrogens with two attached hydrogens (primary N) is 4. The van der Waals surface area contributed by atoms with E-state index in [4.69, 9.17) is 22.9 Å². The summed E-state index contributed by atoms with van der Waals surface area (Å²) in [5.41, 5.74) is 22.8. The van der Waals surface area contributed by atoms with Crippen LogP contribution in [0, 0.1) is 0 Å². The number of aliphatic carboxylic acids is 1. The van der Waals surface area contributed by atoms with E-state index in [0.717, 1.165) is 0 Å². The van der Waals surface area contributed by atoms with Crippen LogP contribution in [0.1, 0.15) is 44.1 Å². The SMILES string of the molecule is CSCC[C@H](N)C(=O)N[C@@H](CO)C(=O)N[C@@H](CCCCN)C(=O)N[C@@H](Cc1ccccc1)C(=O)N[C@@H](CCCN=C(N)N)C(=O)O. The Balaban J connectivity index is 3.14. The van der Waals surface area contributed by atoms with Gasteiger partial charge in [0, 0.05) is 13.0 Å². The molecule has 1 aromatic carbocycles. The van der Waals surface area contributed by atoms with Gasteiger partial charge in [0.05, 0.1) is 12.6 Å². The van der Waals surface area contributed by atoms with Crippen LogP contribution < -0.4 is 44.2 Å². The molecule has 0 unspecified atom stereocenters. The summed E-state index contributed by atoms with van der Waals surface area (Å²) in [6.07, 6.45) is 3.65. The molecule has 0 fully saturated rings. The van der Waals surface area contributed by atoms with Gasteiger partial charge < -0.3 is 54.4 Å². The lowest BCUT2D eigenvalue weighted by Crippen LogP contribution is -2.59. The van der Waals surface area contributed by atoms with Crippen molar-refractivity contribution in [3.8, 4) is 0 Å². The molecule has 16 nitrogen and oxygen atoms in total. The number of guanidine groups is 1. The van der Waals surface area contributed by atoms with Gasteiger partial charge in [0.25, 0.3) is 0 Å². The molecule has 0 spiro atoms. The van der Waals surface area contributed by atoms with Crippen molar-refractivity contribution in [2.45, 2.75) is 75.2 Å². The molecule has 1 rings (SSSR count). The highest BCUT2D eigenvalue weighted by molar-refractivity contribution is 7.98. The Hall–Kier alpha value is -3.93. The number of unbranched alkanes of at least 4 members (excludes halogenated alkanes) is 1. The number of aliphatic hydroxyl groups excluding tert-OH is 1. The first-order chi connectivity index (χ1) is 21.9. The van der Waals surface area contributed by atoms with Crippen LogP contribution in [0.3, 0.4) is 0 Å². The zero-order valence-electron chi connectivity index (χ0n) is 26.2. The Kier molecular flexibility index (Phi) is 19.7. The highest BCUT2D eigenvalue weighted by Crippen LogP contribution is 2.08. The van der Waals surface area contributed by atoms with E-state index in [1.807, 2.05) is 6.26 Å². The Morgan fingerprint density at radius 3 is 1.96 bits per heavy atom. The first-order valence-corrected chi connectivity index (χ1v) is 16.4. The largest absolute Gasteiger partial charge is 0.480 e. The normalized spacial score (nSPS) is 14.1. The minimum Gasteiger partial charge on any atom is -0.480 e. The van der Waals surface area contributed by atoms with Crippen molar-refractivity contribution in [2.75, 3.05) is 31.7 Å². The average molecular weight is 668 g/mol. The summed E-state index contributed by atoms with van der Waals surface area (Å²) in [6.45, 7) is -0.248. The second-order valence-corrected chi connectivity index (χ2v) is 11.6. The standard InChI is InChI=1S/C29H49N9O7S/c1-46-15-12-19(31)24(40)38-23(17-39)27(43)35-20(10-5-6-13-30)25(41)37-22(16-18-8-3-2-4-9-18)26(42)36-21(28(44)45)11-7-14-34-29(32)33/h2-4,8-9,19-23,39H,5-7,10-17,30-31H2,1H3,(H,35,43)(H,36,42)(H,37,41)(H,38,40)(H,44,45)(H4,32,33,34)/t19-,20-,21-,22-,23-/m0/s1. The van der Waals surface area contributed by atoms with Gasteiger partial charge in [-0.15, -0.1) is 0 Å². The van der Waals surface area contributed by atoms with Gasteiger partial charge in [-0.25, -0.2) is 4.79 Å². The van der Waals surface area contributed by atoms with Gasteiger partial charge in [0.15, 0.2) is 5.96 Å². The fraction of sp³-hybridized carbons (Fsp3) is 0.586. The van der Waals surface area contributed by atoms with Crippen molar-refractivity contribution < 1.29 is 34.2 Å². The predicted octanol–water partition coefficient (Wildman–Crippen LogP) is -2.49. The second-order valence-electron chi connectivity index (χ2n) is 10.6. The predicted molar refractivity (Wildman–Crippen MR) is 176 cm³/mol. The zero-order chi connectivity index (χ0) is 34.5. The summed E-state index contributed by atoms with van der Waals surface area (Å²) < 4.78 is 0. The molecule has 0 aromatic heterocycles. The maximum absolute atomic E-state index is 13.6. The third kappa shape index (κ3) is 15.9. The Morgan fingerprint density at radius 2 is 1.37 bits per heavy atom. The van der Waals surface area contributed by atoms with Crippen LogP contribution in [0.4, 0.5) is 0 Å². The summed E-state index contributed by atoms with van der Waals surface area (Å²) in [5.74, 6) is -3.72. The number of carboxylic acids is 1. The topological polar surface area (TPSA) is 290 Å². The van der Waals surface area contributed by atoms with E-state index in [2.05, 4.69) is 26.3 Å². The van der Waals surface area contributed by atoms with Crippen LogP contribution in [0.15, 0.2) is 35.3 Å². The van der Waals surface area contributed by atoms with Crippen LogP contribution in [0.5, 0.6) is 0 Å². The summed E-state index contributed by atoms with van der Waals surface area (Å²) >= 11 is 1.50. The molecule has 46 heavy (non-hydrogen) atoms. The Morgan fingerprint density at radius 1 is 0.804 bits per heavy atom. The third-order valence-electron chi connectivity index (χ3n) is 6.84. The lowest BCUT2D eigenvalue weighted by atomic mass is 10.0. The molecular weight excluding hydrogens is 618 g/mol. The number of nitrogens with zero attached hydrogens (tertiary/aromatic N) is 1. The number of hydrogen-bond donors (Lipinski definition) is 10. The van der Waals surface area contributed by atoms with Gasteiger partial charge in [-0.2, -0.15) is 11.8 Å². The number of carbonyl (C=O) groups excluding carboxylic acids is 4. The number of thioether (sulfide) groups is 1. The van der Waals surface area contributed by atoms with Crippen molar-refractivity contribution in [3.05, 3.63) is 35.9 Å². The molecule has 258 valence electrons. The molecular formula is C29H49N9O7S. The number of aliphatic imine (C=N–C) groups is 1. The number of rotatable bonds is 23. The van der Waals surface area contributed by atoms with E-state index in [-0.39, 0.29) is 38.2 Å². The van der Waals surface area contributed by atoms with Crippen molar-refractivity contribution in [2.24, 2.45) is 27.9 Å². The van der Waals surface area contributed by atoms with Crippen molar-refractivity contribution >= 4 is 47.3 Å². The fourth-order valence-electron chi connectivity index (χ4n) is 4.25. The molecule has 0 heterocycles.